The minimum atomic E-state index is -4.53. The number of pyridine rings is 1. The van der Waals surface area contributed by atoms with Crippen molar-refractivity contribution in [3.05, 3.63) is 54.4 Å². The molecule has 0 bridgehead atoms. The van der Waals surface area contributed by atoms with E-state index in [1.54, 1.807) is 24.3 Å². The number of benzene rings is 1. The van der Waals surface area contributed by atoms with Crippen LogP contribution in [0, 0.1) is 23.2 Å². The summed E-state index contributed by atoms with van der Waals surface area (Å²) in [6, 6.07) is 10.2. The van der Waals surface area contributed by atoms with E-state index in [1.807, 2.05) is 19.2 Å². The first kappa shape index (κ1) is 26.3. The fourth-order valence-corrected chi connectivity index (χ4v) is 5.82. The van der Waals surface area contributed by atoms with Crippen LogP contribution in [0.15, 0.2) is 53.7 Å². The first-order valence-electron chi connectivity index (χ1n) is 11.5. The molecule has 9 nitrogen and oxygen atoms in total. The first-order valence-corrected chi connectivity index (χ1v) is 12.9. The highest BCUT2D eigenvalue weighted by molar-refractivity contribution is 7.90. The fourth-order valence-electron chi connectivity index (χ4n) is 4.50. The van der Waals surface area contributed by atoms with E-state index in [4.69, 9.17) is 0 Å². The first-order chi connectivity index (χ1) is 17.4. The molecular formula is C24H25F3N6O3S. The summed E-state index contributed by atoms with van der Waals surface area (Å²) in [5, 5.41) is 15.3. The second kappa shape index (κ2) is 9.93. The Morgan fingerprint density at radius 3 is 2.54 bits per heavy atom. The molecule has 1 aliphatic rings. The highest BCUT2D eigenvalue weighted by atomic mass is 32.2. The average Bonchev–Trinajstić information content (AvgIpc) is 3.48. The standard InChI is InChI=1S/C24H25F3N6O3S/c1-15(2)19-12-32(23(34)30-14-24(25,26)27)13-20(19)31-21-16(10-28)11-29-22-18(21)8-9-33(22)37(35,36)17-6-4-3-5-7-17/h3-9,11,15,19-20H,12-14H2,1-2H3,(H,29,31)(H,30,34)/t19-,20-/m1/s1. The van der Waals surface area contributed by atoms with Crippen molar-refractivity contribution in [2.75, 3.05) is 25.0 Å². The number of hydrogen-bond acceptors (Lipinski definition) is 6. The predicted molar refractivity (Wildman–Crippen MR) is 130 cm³/mol. The number of hydrogen-bond donors (Lipinski definition) is 2. The molecule has 1 saturated heterocycles. The van der Waals surface area contributed by atoms with Gasteiger partial charge in [0.1, 0.15) is 12.6 Å². The molecule has 196 valence electrons. The van der Waals surface area contributed by atoms with Gasteiger partial charge in [-0.15, -0.1) is 0 Å². The summed E-state index contributed by atoms with van der Waals surface area (Å²) < 4.78 is 65.2. The number of aromatic nitrogens is 2. The minimum absolute atomic E-state index is 0.0591. The molecule has 0 saturated carbocycles. The summed E-state index contributed by atoms with van der Waals surface area (Å²) >= 11 is 0. The number of likely N-dealkylation sites (tertiary alicyclic amines) is 1. The quantitative estimate of drug-likeness (QED) is 0.497. The Balaban J connectivity index is 1.67. The van der Waals surface area contributed by atoms with Crippen molar-refractivity contribution < 1.29 is 26.4 Å². The zero-order chi connectivity index (χ0) is 27.0. The lowest BCUT2D eigenvalue weighted by atomic mass is 9.91. The van der Waals surface area contributed by atoms with Gasteiger partial charge in [-0.2, -0.15) is 18.4 Å². The molecule has 3 aromatic rings. The molecule has 0 radical (unpaired) electrons. The molecule has 4 rings (SSSR count). The second-order valence-electron chi connectivity index (χ2n) is 9.16. The summed E-state index contributed by atoms with van der Waals surface area (Å²) in [5.41, 5.74) is 0.636. The van der Waals surface area contributed by atoms with Crippen molar-refractivity contribution >= 4 is 32.8 Å². The minimum Gasteiger partial charge on any atom is -0.378 e. The topological polar surface area (TPSA) is 120 Å². The van der Waals surface area contributed by atoms with Crippen LogP contribution in [0.5, 0.6) is 0 Å². The number of carbonyl (C=O) groups is 1. The van der Waals surface area contributed by atoms with Crippen molar-refractivity contribution in [2.45, 2.75) is 31.0 Å². The number of amides is 2. The maximum atomic E-state index is 13.2. The van der Waals surface area contributed by atoms with E-state index in [0.717, 1.165) is 3.97 Å². The normalized spacial score (nSPS) is 18.2. The number of carbonyl (C=O) groups excluding carboxylic acids is 1. The molecule has 1 aliphatic heterocycles. The zero-order valence-electron chi connectivity index (χ0n) is 20.0. The smallest absolute Gasteiger partial charge is 0.378 e. The van der Waals surface area contributed by atoms with Crippen molar-refractivity contribution in [1.82, 2.24) is 19.2 Å². The van der Waals surface area contributed by atoms with Gasteiger partial charge in [0.25, 0.3) is 10.0 Å². The highest BCUT2D eigenvalue weighted by Crippen LogP contribution is 2.33. The lowest BCUT2D eigenvalue weighted by molar-refractivity contribution is -0.123. The summed E-state index contributed by atoms with van der Waals surface area (Å²) in [6.07, 6.45) is -1.89. The van der Waals surface area contributed by atoms with Crippen molar-refractivity contribution in [3.8, 4) is 6.07 Å². The zero-order valence-corrected chi connectivity index (χ0v) is 20.8. The number of fused-ring (bicyclic) bond motifs is 1. The Bertz CT molecular complexity index is 1450. The van der Waals surface area contributed by atoms with Crippen LogP contribution in [0.25, 0.3) is 11.0 Å². The van der Waals surface area contributed by atoms with Gasteiger partial charge in [-0.1, -0.05) is 32.0 Å². The number of urea groups is 1. The third-order valence-electron chi connectivity index (χ3n) is 6.38. The van der Waals surface area contributed by atoms with E-state index >= 15 is 0 Å². The number of alkyl halides is 3. The number of rotatable bonds is 6. The second-order valence-corrected chi connectivity index (χ2v) is 11.0. The van der Waals surface area contributed by atoms with E-state index in [9.17, 15) is 31.6 Å². The van der Waals surface area contributed by atoms with Crippen molar-refractivity contribution in [3.63, 3.8) is 0 Å². The lowest BCUT2D eigenvalue weighted by Gasteiger charge is -2.24. The Morgan fingerprint density at radius 1 is 1.22 bits per heavy atom. The number of nitrogens with one attached hydrogen (secondary N) is 2. The molecule has 0 spiro atoms. The van der Waals surface area contributed by atoms with Crippen LogP contribution >= 0.6 is 0 Å². The molecule has 0 aliphatic carbocycles. The fraction of sp³-hybridized carbons (Fsp3) is 0.375. The summed E-state index contributed by atoms with van der Waals surface area (Å²) in [7, 11) is -3.96. The predicted octanol–water partition coefficient (Wildman–Crippen LogP) is 3.79. The summed E-state index contributed by atoms with van der Waals surface area (Å²) in [4.78, 5) is 18.0. The maximum absolute atomic E-state index is 13.2. The third-order valence-corrected chi connectivity index (χ3v) is 8.06. The van der Waals surface area contributed by atoms with Crippen molar-refractivity contribution in [1.29, 1.82) is 5.26 Å². The molecule has 2 aromatic heterocycles. The van der Waals surface area contributed by atoms with Crippen molar-refractivity contribution in [2.24, 2.45) is 11.8 Å². The van der Waals surface area contributed by atoms with E-state index in [1.165, 1.54) is 29.4 Å². The van der Waals surface area contributed by atoms with E-state index in [-0.39, 0.29) is 41.0 Å². The number of anilines is 1. The number of halogens is 3. The Labute approximate surface area is 211 Å². The highest BCUT2D eigenvalue weighted by Gasteiger charge is 2.39. The van der Waals surface area contributed by atoms with Gasteiger partial charge in [0.15, 0.2) is 5.65 Å². The van der Waals surface area contributed by atoms with Gasteiger partial charge in [0, 0.05) is 42.8 Å². The van der Waals surface area contributed by atoms with E-state index in [2.05, 4.69) is 16.4 Å². The van der Waals surface area contributed by atoms with Gasteiger partial charge in [0.2, 0.25) is 0 Å². The molecule has 3 heterocycles. The lowest BCUT2D eigenvalue weighted by Crippen LogP contribution is -2.43. The molecule has 0 unspecified atom stereocenters. The monoisotopic (exact) mass is 534 g/mol. The Hall–Kier alpha value is -3.79. The van der Waals surface area contributed by atoms with Gasteiger partial charge in [-0.3, -0.25) is 0 Å². The van der Waals surface area contributed by atoms with E-state index < -0.39 is 34.8 Å². The molecule has 2 amide bonds. The van der Waals surface area contributed by atoms with Gasteiger partial charge < -0.3 is 15.5 Å². The Morgan fingerprint density at radius 2 is 1.92 bits per heavy atom. The van der Waals surface area contributed by atoms with E-state index in [0.29, 0.717) is 11.1 Å². The third kappa shape index (κ3) is 5.34. The maximum Gasteiger partial charge on any atom is 0.405 e. The van der Waals surface area contributed by atoms with Gasteiger partial charge in [-0.05, 0) is 24.1 Å². The van der Waals surface area contributed by atoms with Crippen LogP contribution in [-0.4, -0.2) is 60.2 Å². The number of nitriles is 1. The van der Waals surface area contributed by atoms with Crippen LogP contribution in [0.4, 0.5) is 23.7 Å². The molecular weight excluding hydrogens is 509 g/mol. The molecule has 1 aromatic carbocycles. The molecule has 1 fully saturated rings. The van der Waals surface area contributed by atoms with Crippen LogP contribution in [0.3, 0.4) is 0 Å². The van der Waals surface area contributed by atoms with Crippen LogP contribution in [0.2, 0.25) is 0 Å². The molecule has 13 heteroatoms. The van der Waals surface area contributed by atoms with Gasteiger partial charge in [0.05, 0.1) is 16.1 Å². The van der Waals surface area contributed by atoms with Gasteiger partial charge in [-0.25, -0.2) is 22.2 Å². The van der Waals surface area contributed by atoms with Gasteiger partial charge >= 0.3 is 12.2 Å². The van der Waals surface area contributed by atoms with Crippen LogP contribution < -0.4 is 10.6 Å². The number of nitrogens with zero attached hydrogens (tertiary/aromatic N) is 4. The largest absolute Gasteiger partial charge is 0.405 e. The van der Waals surface area contributed by atoms with Crippen LogP contribution in [0.1, 0.15) is 19.4 Å². The molecule has 37 heavy (non-hydrogen) atoms. The average molecular weight is 535 g/mol. The summed E-state index contributed by atoms with van der Waals surface area (Å²) in [6.45, 7) is 2.77. The SMILES string of the molecule is CC(C)[C@H]1CN(C(=O)NCC(F)(F)F)C[C@H]1Nc1c(C#N)cnc2c1ccn2S(=O)(=O)c1ccccc1. The summed E-state index contributed by atoms with van der Waals surface area (Å²) in [5.74, 6) is -0.0784. The molecule has 2 atom stereocenters. The Kier molecular flexibility index (Phi) is 7.05. The van der Waals surface area contributed by atoms with Crippen LogP contribution in [-0.2, 0) is 10.0 Å². The molecule has 2 N–H and O–H groups in total.